The molecule has 0 fully saturated rings. The van der Waals surface area contributed by atoms with E-state index < -0.39 is 0 Å². The molecule has 5 nitrogen and oxygen atoms in total. The smallest absolute Gasteiger partial charge is 0.255 e. The third-order valence-corrected chi connectivity index (χ3v) is 3.45. The molecular weight excluding hydrogens is 268 g/mol. The van der Waals surface area contributed by atoms with Crippen molar-refractivity contribution in [3.05, 3.63) is 47.0 Å². The molecule has 0 aromatic heterocycles. The van der Waals surface area contributed by atoms with Gasteiger partial charge in [0.25, 0.3) is 5.91 Å². The summed E-state index contributed by atoms with van der Waals surface area (Å²) in [6.45, 7) is 3.84. The largest absolute Gasteiger partial charge is 0.504 e. The fraction of sp³-hybridized carbons (Fsp3) is 0.188. The maximum absolute atomic E-state index is 12.3. The Morgan fingerprint density at radius 2 is 1.95 bits per heavy atom. The molecule has 2 aromatic carbocycles. The molecule has 0 atom stereocenters. The highest BCUT2D eigenvalue weighted by atomic mass is 16.5. The van der Waals surface area contributed by atoms with E-state index in [9.17, 15) is 9.90 Å². The highest BCUT2D eigenvalue weighted by Gasteiger charge is 2.13. The molecule has 0 saturated carbocycles. The van der Waals surface area contributed by atoms with Crippen LogP contribution in [0.25, 0.3) is 0 Å². The standard InChI is InChI=1S/C16H18N2O3/c1-9-4-6-12(17)15(10(9)2)18-16(20)11-5-7-14(21-3)13(19)8-11/h4-8,19H,17H2,1-3H3,(H,18,20). The monoisotopic (exact) mass is 286 g/mol. The molecule has 0 aliphatic heterocycles. The molecule has 4 N–H and O–H groups in total. The van der Waals surface area contributed by atoms with Crippen LogP contribution < -0.4 is 15.8 Å². The van der Waals surface area contributed by atoms with Crippen LogP contribution in [-0.2, 0) is 0 Å². The highest BCUT2D eigenvalue weighted by molar-refractivity contribution is 6.06. The van der Waals surface area contributed by atoms with Gasteiger partial charge >= 0.3 is 0 Å². The van der Waals surface area contributed by atoms with Crippen LogP contribution in [-0.4, -0.2) is 18.1 Å². The molecule has 0 aliphatic rings. The van der Waals surface area contributed by atoms with Gasteiger partial charge in [-0.1, -0.05) is 6.07 Å². The lowest BCUT2D eigenvalue weighted by molar-refractivity contribution is 0.102. The average Bonchev–Trinajstić information content (AvgIpc) is 2.47. The number of methoxy groups -OCH3 is 1. The summed E-state index contributed by atoms with van der Waals surface area (Å²) < 4.78 is 4.95. The first-order valence-electron chi connectivity index (χ1n) is 6.48. The van der Waals surface area contributed by atoms with Gasteiger partial charge in [-0.2, -0.15) is 0 Å². The number of hydrogen-bond donors (Lipinski definition) is 3. The summed E-state index contributed by atoms with van der Waals surface area (Å²) in [5.74, 6) is -0.106. The normalized spacial score (nSPS) is 10.2. The van der Waals surface area contributed by atoms with Gasteiger partial charge in [0.05, 0.1) is 18.5 Å². The predicted molar refractivity (Wildman–Crippen MR) is 82.9 cm³/mol. The first-order valence-corrected chi connectivity index (χ1v) is 6.48. The van der Waals surface area contributed by atoms with Crippen molar-refractivity contribution < 1.29 is 14.6 Å². The Balaban J connectivity index is 2.30. The van der Waals surface area contributed by atoms with Crippen molar-refractivity contribution in [2.24, 2.45) is 0 Å². The summed E-state index contributed by atoms with van der Waals surface area (Å²) in [4.78, 5) is 12.3. The second-order valence-electron chi connectivity index (χ2n) is 4.81. The summed E-state index contributed by atoms with van der Waals surface area (Å²) in [6.07, 6.45) is 0. The van der Waals surface area contributed by atoms with Gasteiger partial charge < -0.3 is 20.9 Å². The number of rotatable bonds is 3. The van der Waals surface area contributed by atoms with Crippen molar-refractivity contribution in [3.63, 3.8) is 0 Å². The maximum atomic E-state index is 12.3. The summed E-state index contributed by atoms with van der Waals surface area (Å²) in [5.41, 5.74) is 9.29. The van der Waals surface area contributed by atoms with Gasteiger partial charge in [-0.3, -0.25) is 4.79 Å². The maximum Gasteiger partial charge on any atom is 0.255 e. The lowest BCUT2D eigenvalue weighted by Gasteiger charge is -2.13. The van der Waals surface area contributed by atoms with Gasteiger partial charge in [0.2, 0.25) is 0 Å². The van der Waals surface area contributed by atoms with Gasteiger partial charge in [0.15, 0.2) is 11.5 Å². The Morgan fingerprint density at radius 3 is 2.57 bits per heavy atom. The Labute approximate surface area is 123 Å². The molecule has 0 spiro atoms. The van der Waals surface area contributed by atoms with Crippen molar-refractivity contribution in [2.45, 2.75) is 13.8 Å². The van der Waals surface area contributed by atoms with Gasteiger partial charge in [-0.05, 0) is 49.2 Å². The number of phenols is 1. The number of nitrogens with one attached hydrogen (secondary N) is 1. The van der Waals surface area contributed by atoms with E-state index in [0.717, 1.165) is 11.1 Å². The zero-order chi connectivity index (χ0) is 15.6. The quantitative estimate of drug-likeness (QED) is 0.757. The van der Waals surface area contributed by atoms with E-state index in [-0.39, 0.29) is 11.7 Å². The second kappa shape index (κ2) is 5.75. The number of hydrogen-bond acceptors (Lipinski definition) is 4. The fourth-order valence-corrected chi connectivity index (χ4v) is 2.02. The van der Waals surface area contributed by atoms with Crippen LogP contribution in [0.2, 0.25) is 0 Å². The van der Waals surface area contributed by atoms with E-state index >= 15 is 0 Å². The number of carbonyl (C=O) groups excluding carboxylic acids is 1. The molecule has 5 heteroatoms. The van der Waals surface area contributed by atoms with Crippen LogP contribution in [0.1, 0.15) is 21.5 Å². The van der Waals surface area contributed by atoms with Crippen molar-refractivity contribution in [3.8, 4) is 11.5 Å². The van der Waals surface area contributed by atoms with E-state index in [4.69, 9.17) is 10.5 Å². The molecule has 0 saturated heterocycles. The SMILES string of the molecule is COc1ccc(C(=O)Nc2c(N)ccc(C)c2C)cc1O. The lowest BCUT2D eigenvalue weighted by Crippen LogP contribution is -2.14. The average molecular weight is 286 g/mol. The van der Waals surface area contributed by atoms with Crippen LogP contribution in [0.5, 0.6) is 11.5 Å². The van der Waals surface area contributed by atoms with Gasteiger partial charge in [-0.25, -0.2) is 0 Å². The Hall–Kier alpha value is -2.69. The lowest BCUT2D eigenvalue weighted by atomic mass is 10.1. The molecule has 0 unspecified atom stereocenters. The Morgan fingerprint density at radius 1 is 1.24 bits per heavy atom. The highest BCUT2D eigenvalue weighted by Crippen LogP contribution is 2.29. The number of carbonyl (C=O) groups is 1. The number of ether oxygens (including phenoxy) is 1. The number of aromatic hydroxyl groups is 1. The molecule has 21 heavy (non-hydrogen) atoms. The van der Waals surface area contributed by atoms with E-state index in [0.29, 0.717) is 22.7 Å². The molecule has 0 radical (unpaired) electrons. The summed E-state index contributed by atoms with van der Waals surface area (Å²) in [7, 11) is 1.45. The van der Waals surface area contributed by atoms with Gasteiger partial charge in [0, 0.05) is 5.56 Å². The number of anilines is 2. The first kappa shape index (κ1) is 14.7. The number of nitrogens with two attached hydrogens (primary N) is 1. The molecule has 0 aliphatic carbocycles. The molecule has 110 valence electrons. The molecule has 0 bridgehead atoms. The van der Waals surface area contributed by atoms with Crippen molar-refractivity contribution in [1.29, 1.82) is 0 Å². The second-order valence-corrected chi connectivity index (χ2v) is 4.81. The van der Waals surface area contributed by atoms with Crippen molar-refractivity contribution in [1.82, 2.24) is 0 Å². The topological polar surface area (TPSA) is 84.6 Å². The Kier molecular flexibility index (Phi) is 4.03. The Bertz CT molecular complexity index is 696. The summed E-state index contributed by atoms with van der Waals surface area (Å²) in [6, 6.07) is 8.13. The van der Waals surface area contributed by atoms with Crippen LogP contribution in [0, 0.1) is 13.8 Å². The van der Waals surface area contributed by atoms with E-state index in [1.807, 2.05) is 19.9 Å². The predicted octanol–water partition coefficient (Wildman–Crippen LogP) is 2.85. The zero-order valence-electron chi connectivity index (χ0n) is 12.2. The van der Waals surface area contributed by atoms with E-state index in [1.165, 1.54) is 19.2 Å². The minimum absolute atomic E-state index is 0.0842. The third kappa shape index (κ3) is 2.91. The minimum Gasteiger partial charge on any atom is -0.504 e. The van der Waals surface area contributed by atoms with Crippen LogP contribution in [0.4, 0.5) is 11.4 Å². The third-order valence-electron chi connectivity index (χ3n) is 3.45. The minimum atomic E-state index is -0.339. The van der Waals surface area contributed by atoms with Gasteiger partial charge in [0.1, 0.15) is 0 Å². The summed E-state index contributed by atoms with van der Waals surface area (Å²) in [5, 5.41) is 12.5. The number of nitrogen functional groups attached to an aromatic ring is 1. The molecule has 2 rings (SSSR count). The number of aryl methyl sites for hydroxylation is 1. The number of benzene rings is 2. The van der Waals surface area contributed by atoms with E-state index in [2.05, 4.69) is 5.32 Å². The van der Waals surface area contributed by atoms with Gasteiger partial charge in [-0.15, -0.1) is 0 Å². The van der Waals surface area contributed by atoms with Crippen LogP contribution in [0.3, 0.4) is 0 Å². The van der Waals surface area contributed by atoms with Crippen LogP contribution >= 0.6 is 0 Å². The number of amides is 1. The number of phenolic OH excluding ortho intramolecular Hbond substituents is 1. The fourth-order valence-electron chi connectivity index (χ4n) is 2.02. The first-order chi connectivity index (χ1) is 9.93. The molecule has 1 amide bonds. The zero-order valence-corrected chi connectivity index (χ0v) is 12.2. The molecule has 2 aromatic rings. The van der Waals surface area contributed by atoms with Crippen molar-refractivity contribution >= 4 is 17.3 Å². The molecular formula is C16H18N2O3. The van der Waals surface area contributed by atoms with Crippen LogP contribution in [0.15, 0.2) is 30.3 Å². The van der Waals surface area contributed by atoms with E-state index in [1.54, 1.807) is 12.1 Å². The van der Waals surface area contributed by atoms with Crippen molar-refractivity contribution in [2.75, 3.05) is 18.2 Å². The summed E-state index contributed by atoms with van der Waals surface area (Å²) >= 11 is 0. The molecule has 0 heterocycles.